The van der Waals surface area contributed by atoms with Gasteiger partial charge in [0.15, 0.2) is 0 Å². The molecule has 1 amide bonds. The van der Waals surface area contributed by atoms with Crippen molar-refractivity contribution in [2.24, 2.45) is 0 Å². The predicted molar refractivity (Wildman–Crippen MR) is 70.2 cm³/mol. The predicted octanol–water partition coefficient (Wildman–Crippen LogP) is 1.43. The lowest BCUT2D eigenvalue weighted by Crippen LogP contribution is -2.26. The fourth-order valence-electron chi connectivity index (χ4n) is 1.97. The Balaban J connectivity index is 2.12. The summed E-state index contributed by atoms with van der Waals surface area (Å²) in [4.78, 5) is 18.5. The van der Waals surface area contributed by atoms with Crippen molar-refractivity contribution in [1.82, 2.24) is 9.88 Å². The van der Waals surface area contributed by atoms with E-state index in [9.17, 15) is 13.2 Å². The van der Waals surface area contributed by atoms with E-state index in [-0.39, 0.29) is 18.9 Å². The number of halogens is 1. The Hall–Kier alpha value is -0.660. The van der Waals surface area contributed by atoms with Gasteiger partial charge in [0, 0.05) is 28.5 Å². The van der Waals surface area contributed by atoms with E-state index in [4.69, 9.17) is 10.7 Å². The van der Waals surface area contributed by atoms with Crippen molar-refractivity contribution < 1.29 is 13.2 Å². The molecule has 1 aromatic heterocycles. The van der Waals surface area contributed by atoms with Crippen LogP contribution in [0.5, 0.6) is 0 Å². The molecule has 1 fully saturated rings. The maximum absolute atomic E-state index is 11.7. The van der Waals surface area contributed by atoms with Gasteiger partial charge >= 0.3 is 0 Å². The summed E-state index contributed by atoms with van der Waals surface area (Å²) in [6, 6.07) is 0. The van der Waals surface area contributed by atoms with Crippen LogP contribution in [-0.4, -0.2) is 36.0 Å². The number of amides is 1. The van der Waals surface area contributed by atoms with Crippen molar-refractivity contribution >= 4 is 37.0 Å². The first-order chi connectivity index (χ1) is 8.27. The van der Waals surface area contributed by atoms with E-state index in [2.05, 4.69) is 4.98 Å². The van der Waals surface area contributed by atoms with Crippen LogP contribution in [0.15, 0.2) is 0 Å². The first-order valence-electron chi connectivity index (χ1n) is 5.41. The lowest BCUT2D eigenvalue weighted by atomic mass is 10.3. The van der Waals surface area contributed by atoms with Gasteiger partial charge in [0.2, 0.25) is 15.0 Å². The van der Waals surface area contributed by atoms with Gasteiger partial charge in [-0.1, -0.05) is 0 Å². The van der Waals surface area contributed by atoms with Crippen molar-refractivity contribution in [3.05, 3.63) is 15.6 Å². The molecule has 0 spiro atoms. The van der Waals surface area contributed by atoms with E-state index in [1.54, 1.807) is 0 Å². The molecule has 1 aromatic rings. The molecule has 8 heteroatoms. The molecular formula is C10H13ClN2O3S2. The highest BCUT2D eigenvalue weighted by atomic mass is 35.7. The van der Waals surface area contributed by atoms with Crippen LogP contribution in [0.2, 0.25) is 0 Å². The van der Waals surface area contributed by atoms with Gasteiger partial charge in [0.25, 0.3) is 0 Å². The van der Waals surface area contributed by atoms with Crippen LogP contribution in [0.1, 0.15) is 22.0 Å². The minimum atomic E-state index is -3.67. The zero-order valence-corrected chi connectivity index (χ0v) is 12.4. The smallest absolute Gasteiger partial charge is 0.237 e. The first-order valence-corrected chi connectivity index (χ1v) is 8.60. The topological polar surface area (TPSA) is 67.3 Å². The SMILES string of the molecule is Cc1nc(C)c(CN2CC(S(=O)(=O)Cl)CC2=O)s1. The van der Waals surface area contributed by atoms with Crippen LogP contribution in [-0.2, 0) is 20.4 Å². The molecule has 0 aliphatic carbocycles. The Morgan fingerprint density at radius 1 is 1.50 bits per heavy atom. The van der Waals surface area contributed by atoms with Crippen molar-refractivity contribution in [2.45, 2.75) is 32.1 Å². The minimum absolute atomic E-state index is 0.0251. The average Bonchev–Trinajstić information content (AvgIpc) is 2.72. The highest BCUT2D eigenvalue weighted by Crippen LogP contribution is 2.25. The second-order valence-corrected chi connectivity index (χ2v) is 8.51. The Morgan fingerprint density at radius 3 is 2.61 bits per heavy atom. The summed E-state index contributed by atoms with van der Waals surface area (Å²) in [7, 11) is 1.62. The van der Waals surface area contributed by atoms with Crippen LogP contribution in [0.4, 0.5) is 0 Å². The highest BCUT2D eigenvalue weighted by Gasteiger charge is 2.37. The summed E-state index contributed by atoms with van der Waals surface area (Å²) in [6.45, 7) is 4.37. The van der Waals surface area contributed by atoms with Crippen LogP contribution >= 0.6 is 22.0 Å². The molecule has 0 aromatic carbocycles. The number of carbonyl (C=O) groups excluding carboxylic acids is 1. The number of nitrogens with zero attached hydrogens (tertiary/aromatic N) is 2. The number of hydrogen-bond acceptors (Lipinski definition) is 5. The molecule has 2 rings (SSSR count). The Kier molecular flexibility index (Phi) is 3.66. The maximum atomic E-state index is 11.7. The van der Waals surface area contributed by atoms with Gasteiger partial charge in [-0.15, -0.1) is 11.3 Å². The first kappa shape index (κ1) is 13.8. The standard InChI is InChI=1S/C10H13ClN2O3S2/c1-6-9(17-7(2)12-6)5-13-4-8(3-10(13)14)18(11,15)16/h8H,3-5H2,1-2H3. The molecule has 1 aliphatic heterocycles. The number of thiazole rings is 1. The van der Waals surface area contributed by atoms with E-state index >= 15 is 0 Å². The third kappa shape index (κ3) is 2.84. The number of aryl methyl sites for hydroxylation is 2. The molecule has 100 valence electrons. The fourth-order valence-corrected chi connectivity index (χ4v) is 3.98. The summed E-state index contributed by atoms with van der Waals surface area (Å²) < 4.78 is 22.4. The maximum Gasteiger partial charge on any atom is 0.237 e. The zero-order valence-electron chi connectivity index (χ0n) is 10.0. The molecule has 0 bridgehead atoms. The summed E-state index contributed by atoms with van der Waals surface area (Å²) in [5.74, 6) is -0.172. The zero-order chi connectivity index (χ0) is 13.5. The van der Waals surface area contributed by atoms with Gasteiger partial charge in [-0.3, -0.25) is 4.79 Å². The van der Waals surface area contributed by atoms with Gasteiger partial charge < -0.3 is 4.90 Å². The van der Waals surface area contributed by atoms with Crippen LogP contribution in [0.25, 0.3) is 0 Å². The van der Waals surface area contributed by atoms with Crippen molar-refractivity contribution in [1.29, 1.82) is 0 Å². The summed E-state index contributed by atoms with van der Waals surface area (Å²) in [5, 5.41) is 0.150. The highest BCUT2D eigenvalue weighted by molar-refractivity contribution is 8.14. The van der Waals surface area contributed by atoms with Crippen LogP contribution in [0.3, 0.4) is 0 Å². The Labute approximate surface area is 114 Å². The molecule has 1 atom stereocenters. The Morgan fingerprint density at radius 2 is 2.17 bits per heavy atom. The number of likely N-dealkylation sites (tertiary alicyclic amines) is 1. The Bertz CT molecular complexity index is 582. The third-order valence-corrected chi connectivity index (χ3v) is 5.84. The van der Waals surface area contributed by atoms with Gasteiger partial charge in [-0.2, -0.15) is 0 Å². The van der Waals surface area contributed by atoms with E-state index < -0.39 is 14.3 Å². The number of hydrogen-bond donors (Lipinski definition) is 0. The molecule has 1 unspecified atom stereocenters. The van der Waals surface area contributed by atoms with Crippen molar-refractivity contribution in [2.75, 3.05) is 6.54 Å². The molecular weight excluding hydrogens is 296 g/mol. The fraction of sp³-hybridized carbons (Fsp3) is 0.600. The van der Waals surface area contributed by atoms with E-state index in [0.29, 0.717) is 6.54 Å². The average molecular weight is 309 g/mol. The van der Waals surface area contributed by atoms with Crippen LogP contribution in [0, 0.1) is 13.8 Å². The largest absolute Gasteiger partial charge is 0.336 e. The molecule has 1 saturated heterocycles. The summed E-state index contributed by atoms with van der Waals surface area (Å²) in [5.41, 5.74) is 0.891. The van der Waals surface area contributed by atoms with Gasteiger partial charge in [0.1, 0.15) is 5.25 Å². The van der Waals surface area contributed by atoms with Gasteiger partial charge in [-0.05, 0) is 13.8 Å². The number of rotatable bonds is 3. The molecule has 1 aliphatic rings. The van der Waals surface area contributed by atoms with E-state index in [1.165, 1.54) is 16.2 Å². The van der Waals surface area contributed by atoms with E-state index in [1.807, 2.05) is 13.8 Å². The van der Waals surface area contributed by atoms with Crippen molar-refractivity contribution in [3.63, 3.8) is 0 Å². The number of aromatic nitrogens is 1. The molecule has 18 heavy (non-hydrogen) atoms. The molecule has 0 saturated carbocycles. The molecule has 2 heterocycles. The summed E-state index contributed by atoms with van der Waals surface area (Å²) >= 11 is 1.52. The quantitative estimate of drug-likeness (QED) is 0.792. The van der Waals surface area contributed by atoms with Gasteiger partial charge in [-0.25, -0.2) is 13.4 Å². The normalized spacial score (nSPS) is 20.7. The second kappa shape index (κ2) is 4.79. The lowest BCUT2D eigenvalue weighted by molar-refractivity contribution is -0.128. The van der Waals surface area contributed by atoms with Gasteiger partial charge in [0.05, 0.1) is 17.2 Å². The monoisotopic (exact) mass is 308 g/mol. The third-order valence-electron chi connectivity index (χ3n) is 2.91. The lowest BCUT2D eigenvalue weighted by Gasteiger charge is -2.15. The minimum Gasteiger partial charge on any atom is -0.336 e. The molecule has 0 N–H and O–H groups in total. The molecule has 5 nitrogen and oxygen atoms in total. The number of carbonyl (C=O) groups is 1. The second-order valence-electron chi connectivity index (χ2n) is 4.32. The molecule has 0 radical (unpaired) electrons. The summed E-state index contributed by atoms with van der Waals surface area (Å²) in [6.07, 6.45) is -0.0251. The van der Waals surface area contributed by atoms with E-state index in [0.717, 1.165) is 15.6 Å². The van der Waals surface area contributed by atoms with Crippen molar-refractivity contribution in [3.8, 4) is 0 Å². The van der Waals surface area contributed by atoms with Crippen LogP contribution < -0.4 is 0 Å².